The summed E-state index contributed by atoms with van der Waals surface area (Å²) >= 11 is 0. The maximum absolute atomic E-state index is 12.7. The molecule has 0 atom stereocenters. The van der Waals surface area contributed by atoms with E-state index in [1.54, 1.807) is 14.2 Å². The quantitative estimate of drug-likeness (QED) is 0.695. The molecule has 0 aromatic heterocycles. The van der Waals surface area contributed by atoms with Crippen molar-refractivity contribution in [3.8, 4) is 11.5 Å². The van der Waals surface area contributed by atoms with Crippen LogP contribution in [0.2, 0.25) is 0 Å². The van der Waals surface area contributed by atoms with Crippen LogP contribution in [0.4, 0.5) is 5.69 Å². The zero-order chi connectivity index (χ0) is 20.8. The molecule has 5 nitrogen and oxygen atoms in total. The first kappa shape index (κ1) is 21.2. The number of hydrogen-bond donors (Lipinski definition) is 0. The van der Waals surface area contributed by atoms with Crippen molar-refractivity contribution in [1.29, 1.82) is 0 Å². The number of methoxy groups -OCH3 is 2. The third-order valence-corrected chi connectivity index (χ3v) is 5.62. The minimum atomic E-state index is 0.199. The maximum Gasteiger partial charge on any atom is 0.226 e. The summed E-state index contributed by atoms with van der Waals surface area (Å²) in [5.74, 6) is 1.83. The first-order valence-electron chi connectivity index (χ1n) is 10.4. The minimum absolute atomic E-state index is 0.199. The highest BCUT2D eigenvalue weighted by Gasteiger charge is 2.28. The second-order valence-corrected chi connectivity index (χ2v) is 7.68. The summed E-state index contributed by atoms with van der Waals surface area (Å²) in [5, 5.41) is 0. The maximum atomic E-state index is 12.7. The predicted octanol–water partition coefficient (Wildman–Crippen LogP) is 4.42. The lowest BCUT2D eigenvalue weighted by Gasteiger charge is -2.38. The third kappa shape index (κ3) is 5.30. The summed E-state index contributed by atoms with van der Waals surface area (Å²) in [4.78, 5) is 17.2. The summed E-state index contributed by atoms with van der Waals surface area (Å²) < 4.78 is 10.8. The number of ether oxygens (including phenoxy) is 2. The van der Waals surface area contributed by atoms with Crippen LogP contribution in [0.3, 0.4) is 0 Å². The molecule has 0 unspecified atom stereocenters. The number of amides is 1. The number of aryl methyl sites for hydroxylation is 1. The fourth-order valence-corrected chi connectivity index (χ4v) is 3.99. The van der Waals surface area contributed by atoms with Gasteiger partial charge in [-0.1, -0.05) is 24.6 Å². The van der Waals surface area contributed by atoms with Crippen LogP contribution in [-0.2, 0) is 11.3 Å². The predicted molar refractivity (Wildman–Crippen MR) is 117 cm³/mol. The molecule has 0 saturated carbocycles. The Kier molecular flexibility index (Phi) is 7.15. The van der Waals surface area contributed by atoms with Gasteiger partial charge in [-0.2, -0.15) is 0 Å². The lowest BCUT2D eigenvalue weighted by atomic mass is 10.0. The third-order valence-electron chi connectivity index (χ3n) is 5.62. The van der Waals surface area contributed by atoms with E-state index in [0.717, 1.165) is 49.7 Å². The fraction of sp³-hybridized carbons (Fsp3) is 0.458. The van der Waals surface area contributed by atoms with Crippen LogP contribution in [-0.4, -0.2) is 44.2 Å². The largest absolute Gasteiger partial charge is 0.497 e. The van der Waals surface area contributed by atoms with Crippen molar-refractivity contribution in [2.45, 2.75) is 45.7 Å². The van der Waals surface area contributed by atoms with Gasteiger partial charge >= 0.3 is 0 Å². The zero-order valence-electron chi connectivity index (χ0n) is 18.0. The Balaban J connectivity index is 1.67. The molecule has 1 heterocycles. The highest BCUT2D eigenvalue weighted by molar-refractivity contribution is 5.93. The molecule has 1 amide bonds. The van der Waals surface area contributed by atoms with E-state index in [0.29, 0.717) is 6.42 Å². The van der Waals surface area contributed by atoms with Gasteiger partial charge in [0.05, 0.1) is 14.2 Å². The zero-order valence-corrected chi connectivity index (χ0v) is 18.0. The smallest absolute Gasteiger partial charge is 0.226 e. The Morgan fingerprint density at radius 2 is 1.62 bits per heavy atom. The van der Waals surface area contributed by atoms with Crippen LogP contribution < -0.4 is 14.4 Å². The second-order valence-electron chi connectivity index (χ2n) is 7.68. The molecule has 5 heteroatoms. The molecule has 0 N–H and O–H groups in total. The first-order valence-corrected chi connectivity index (χ1v) is 10.4. The molecule has 29 heavy (non-hydrogen) atoms. The van der Waals surface area contributed by atoms with E-state index in [4.69, 9.17) is 9.47 Å². The Hall–Kier alpha value is -2.53. The molecule has 1 aliphatic heterocycles. The van der Waals surface area contributed by atoms with Gasteiger partial charge in [-0.25, -0.2) is 0 Å². The van der Waals surface area contributed by atoms with Crippen molar-refractivity contribution >= 4 is 11.6 Å². The summed E-state index contributed by atoms with van der Waals surface area (Å²) in [6, 6.07) is 14.6. The molecule has 1 fully saturated rings. The number of nitrogens with zero attached hydrogens (tertiary/aromatic N) is 2. The molecular formula is C24H32N2O3. The van der Waals surface area contributed by atoms with E-state index < -0.39 is 0 Å². The fourth-order valence-electron chi connectivity index (χ4n) is 3.99. The van der Waals surface area contributed by atoms with Crippen LogP contribution in [0.5, 0.6) is 11.5 Å². The van der Waals surface area contributed by atoms with E-state index in [2.05, 4.69) is 48.2 Å². The number of carbonyl (C=O) groups excluding carboxylic acids is 1. The van der Waals surface area contributed by atoms with Crippen molar-refractivity contribution in [3.05, 3.63) is 53.6 Å². The van der Waals surface area contributed by atoms with E-state index in [1.807, 2.05) is 17.9 Å². The van der Waals surface area contributed by atoms with Crippen molar-refractivity contribution in [2.75, 3.05) is 32.2 Å². The molecule has 2 aromatic rings. The topological polar surface area (TPSA) is 42.0 Å². The van der Waals surface area contributed by atoms with Crippen LogP contribution in [0.25, 0.3) is 0 Å². The van der Waals surface area contributed by atoms with Gasteiger partial charge in [0.1, 0.15) is 11.5 Å². The van der Waals surface area contributed by atoms with Crippen LogP contribution >= 0.6 is 0 Å². The van der Waals surface area contributed by atoms with Crippen LogP contribution in [0.1, 0.15) is 37.3 Å². The normalized spacial score (nSPS) is 15.2. The van der Waals surface area contributed by atoms with Gasteiger partial charge in [-0.3, -0.25) is 9.69 Å². The molecule has 0 bridgehead atoms. The van der Waals surface area contributed by atoms with Crippen molar-refractivity contribution in [3.63, 3.8) is 0 Å². The number of benzene rings is 2. The Labute approximate surface area is 174 Å². The lowest BCUT2D eigenvalue weighted by Crippen LogP contribution is -2.47. The average Bonchev–Trinajstić information content (AvgIpc) is 2.75. The SMILES string of the molecule is CCC(=O)N(c1ccc(C)cc1)C1CCN(Cc2cc(OC)cc(OC)c2)CC1. The molecule has 0 radical (unpaired) electrons. The number of piperidine rings is 1. The molecular weight excluding hydrogens is 364 g/mol. The first-order chi connectivity index (χ1) is 14.0. The highest BCUT2D eigenvalue weighted by atomic mass is 16.5. The molecule has 2 aromatic carbocycles. The number of likely N-dealkylation sites (tertiary alicyclic amines) is 1. The van der Waals surface area contributed by atoms with Crippen molar-refractivity contribution in [1.82, 2.24) is 4.90 Å². The van der Waals surface area contributed by atoms with E-state index >= 15 is 0 Å². The van der Waals surface area contributed by atoms with Gasteiger partial charge in [0.15, 0.2) is 0 Å². The molecule has 1 saturated heterocycles. The summed E-state index contributed by atoms with van der Waals surface area (Å²) in [5.41, 5.74) is 3.40. The van der Waals surface area contributed by atoms with Crippen LogP contribution in [0, 0.1) is 6.92 Å². The Bertz CT molecular complexity index is 789. The number of anilines is 1. The molecule has 156 valence electrons. The number of hydrogen-bond acceptors (Lipinski definition) is 4. The average molecular weight is 397 g/mol. The lowest BCUT2D eigenvalue weighted by molar-refractivity contribution is -0.119. The Morgan fingerprint density at radius 3 is 2.14 bits per heavy atom. The monoisotopic (exact) mass is 396 g/mol. The summed E-state index contributed by atoms with van der Waals surface area (Å²) in [6.45, 7) is 6.79. The summed E-state index contributed by atoms with van der Waals surface area (Å²) in [6.07, 6.45) is 2.47. The van der Waals surface area contributed by atoms with Gasteiger partial charge in [0.25, 0.3) is 0 Å². The van der Waals surface area contributed by atoms with Gasteiger partial charge in [-0.15, -0.1) is 0 Å². The van der Waals surface area contributed by atoms with E-state index in [9.17, 15) is 4.79 Å². The van der Waals surface area contributed by atoms with Crippen molar-refractivity contribution in [2.24, 2.45) is 0 Å². The minimum Gasteiger partial charge on any atom is -0.497 e. The summed E-state index contributed by atoms with van der Waals surface area (Å²) in [7, 11) is 3.35. The van der Waals surface area contributed by atoms with Gasteiger partial charge in [0.2, 0.25) is 5.91 Å². The molecule has 1 aliphatic rings. The van der Waals surface area contributed by atoms with Gasteiger partial charge in [0, 0.05) is 43.9 Å². The van der Waals surface area contributed by atoms with Gasteiger partial charge in [-0.05, 0) is 49.6 Å². The Morgan fingerprint density at radius 1 is 1.03 bits per heavy atom. The van der Waals surface area contributed by atoms with E-state index in [1.165, 1.54) is 11.1 Å². The second kappa shape index (κ2) is 9.79. The van der Waals surface area contributed by atoms with Gasteiger partial charge < -0.3 is 14.4 Å². The number of carbonyl (C=O) groups is 1. The molecule has 0 aliphatic carbocycles. The van der Waals surface area contributed by atoms with Crippen molar-refractivity contribution < 1.29 is 14.3 Å². The molecule has 0 spiro atoms. The standard InChI is InChI=1S/C24H32N2O3/c1-5-24(27)26(20-8-6-18(2)7-9-20)21-10-12-25(13-11-21)17-19-14-22(28-3)16-23(15-19)29-4/h6-9,14-16,21H,5,10-13,17H2,1-4H3. The van der Waals surface area contributed by atoms with E-state index in [-0.39, 0.29) is 11.9 Å². The van der Waals surface area contributed by atoms with Crippen LogP contribution in [0.15, 0.2) is 42.5 Å². The highest BCUT2D eigenvalue weighted by Crippen LogP contribution is 2.27. The molecule has 3 rings (SSSR count). The number of rotatable bonds is 7.